The molecule has 0 saturated heterocycles. The molecule has 4 N–H and O–H groups in total. The molecule has 0 radical (unpaired) electrons. The van der Waals surface area contributed by atoms with Gasteiger partial charge in [-0.15, -0.1) is 0 Å². The first-order valence-electron chi connectivity index (χ1n) is 13.0. The molecule has 2 atom stereocenters. The van der Waals surface area contributed by atoms with E-state index in [1.165, 1.54) is 42.5 Å². The third-order valence-corrected chi connectivity index (χ3v) is 7.13. The lowest BCUT2D eigenvalue weighted by atomic mass is 9.75. The van der Waals surface area contributed by atoms with Crippen LogP contribution < -0.4 is 15.8 Å². The number of halogens is 1. The van der Waals surface area contributed by atoms with Crippen molar-refractivity contribution in [2.75, 3.05) is 13.2 Å². The molecule has 1 aliphatic rings. The summed E-state index contributed by atoms with van der Waals surface area (Å²) in [6.07, 6.45) is 7.30. The van der Waals surface area contributed by atoms with Gasteiger partial charge in [0.1, 0.15) is 11.6 Å². The SMILES string of the molecule is CCCCOc1cc(F)cc(C[C@H](N)[C@H](O)CNC2(c3cccc(C(C)C)c3)CCCCC2)c1. The number of hydrogen-bond donors (Lipinski definition) is 3. The van der Waals surface area contributed by atoms with Crippen LogP contribution >= 0.6 is 0 Å². The lowest BCUT2D eigenvalue weighted by Crippen LogP contribution is -2.51. The highest BCUT2D eigenvalue weighted by Gasteiger charge is 2.34. The summed E-state index contributed by atoms with van der Waals surface area (Å²) >= 11 is 0. The standard InChI is InChI=1S/C29H43FN2O2/c1-4-5-14-34-26-16-22(15-25(30)19-26)17-27(31)28(33)20-32-29(12-7-6-8-13-29)24-11-9-10-23(18-24)21(2)3/h9-11,15-16,18-19,21,27-28,32-33H,4-8,12-14,17,20,31H2,1-3H3/t27-,28+/m0/s1. The molecular formula is C29H43FN2O2. The van der Waals surface area contributed by atoms with Crippen molar-refractivity contribution in [3.8, 4) is 5.75 Å². The van der Waals surface area contributed by atoms with Crippen molar-refractivity contribution in [2.24, 2.45) is 5.73 Å². The number of ether oxygens (including phenoxy) is 1. The Hall–Kier alpha value is -1.95. The molecule has 5 heteroatoms. The second-order valence-corrected chi connectivity index (χ2v) is 10.2. The summed E-state index contributed by atoms with van der Waals surface area (Å²) in [5.74, 6) is 0.658. The number of benzene rings is 2. The van der Waals surface area contributed by atoms with Crippen LogP contribution in [-0.4, -0.2) is 30.4 Å². The van der Waals surface area contributed by atoms with Gasteiger partial charge in [-0.2, -0.15) is 0 Å². The van der Waals surface area contributed by atoms with Gasteiger partial charge in [-0.05, 0) is 60.4 Å². The van der Waals surface area contributed by atoms with Crippen LogP contribution in [0.3, 0.4) is 0 Å². The zero-order valence-electron chi connectivity index (χ0n) is 21.2. The molecule has 1 fully saturated rings. The number of nitrogens with one attached hydrogen (secondary N) is 1. The minimum atomic E-state index is -0.736. The molecule has 0 heterocycles. The Labute approximate surface area is 205 Å². The van der Waals surface area contributed by atoms with Gasteiger partial charge in [-0.25, -0.2) is 4.39 Å². The van der Waals surface area contributed by atoms with Crippen LogP contribution in [0.25, 0.3) is 0 Å². The average Bonchev–Trinajstić information content (AvgIpc) is 2.83. The van der Waals surface area contributed by atoms with E-state index in [-0.39, 0.29) is 11.4 Å². The van der Waals surface area contributed by atoms with E-state index in [0.29, 0.717) is 31.2 Å². The molecule has 2 aromatic rings. The van der Waals surface area contributed by atoms with Gasteiger partial charge in [-0.1, -0.05) is 70.7 Å². The molecular weight excluding hydrogens is 427 g/mol. The zero-order chi connectivity index (χ0) is 24.6. The van der Waals surface area contributed by atoms with Crippen molar-refractivity contribution in [1.82, 2.24) is 5.32 Å². The van der Waals surface area contributed by atoms with Gasteiger partial charge in [0.25, 0.3) is 0 Å². The van der Waals surface area contributed by atoms with E-state index in [2.05, 4.69) is 50.4 Å². The summed E-state index contributed by atoms with van der Waals surface area (Å²) in [6, 6.07) is 13.1. The number of aliphatic hydroxyl groups excluding tert-OH is 1. The van der Waals surface area contributed by atoms with Gasteiger partial charge < -0.3 is 20.9 Å². The van der Waals surface area contributed by atoms with E-state index >= 15 is 0 Å². The maximum absolute atomic E-state index is 14.1. The highest BCUT2D eigenvalue weighted by Crippen LogP contribution is 2.38. The van der Waals surface area contributed by atoms with Gasteiger partial charge in [-0.3, -0.25) is 0 Å². The van der Waals surface area contributed by atoms with Crippen molar-refractivity contribution in [3.05, 3.63) is 65.0 Å². The van der Waals surface area contributed by atoms with E-state index in [0.717, 1.165) is 31.2 Å². The lowest BCUT2D eigenvalue weighted by Gasteiger charge is -2.40. The second-order valence-electron chi connectivity index (χ2n) is 10.2. The predicted molar refractivity (Wildman–Crippen MR) is 138 cm³/mol. The highest BCUT2D eigenvalue weighted by molar-refractivity contribution is 5.32. The largest absolute Gasteiger partial charge is 0.493 e. The predicted octanol–water partition coefficient (Wildman–Crippen LogP) is 5.81. The Bertz CT molecular complexity index is 895. The van der Waals surface area contributed by atoms with Gasteiger partial charge in [0.15, 0.2) is 0 Å². The maximum atomic E-state index is 14.1. The summed E-state index contributed by atoms with van der Waals surface area (Å²) in [6.45, 7) is 7.50. The summed E-state index contributed by atoms with van der Waals surface area (Å²) in [5, 5.41) is 14.6. The van der Waals surface area contributed by atoms with Crippen LogP contribution in [0.1, 0.15) is 88.3 Å². The first-order valence-corrected chi connectivity index (χ1v) is 13.0. The summed E-state index contributed by atoms with van der Waals surface area (Å²) in [4.78, 5) is 0. The molecule has 3 rings (SSSR count). The fourth-order valence-corrected chi connectivity index (χ4v) is 4.93. The van der Waals surface area contributed by atoms with E-state index in [1.54, 1.807) is 0 Å². The molecule has 1 aliphatic carbocycles. The highest BCUT2D eigenvalue weighted by atomic mass is 19.1. The van der Waals surface area contributed by atoms with Crippen molar-refractivity contribution in [1.29, 1.82) is 0 Å². The van der Waals surface area contributed by atoms with Crippen molar-refractivity contribution in [3.63, 3.8) is 0 Å². The molecule has 0 spiro atoms. The fourth-order valence-electron chi connectivity index (χ4n) is 4.93. The maximum Gasteiger partial charge on any atom is 0.127 e. The fraction of sp³-hybridized carbons (Fsp3) is 0.586. The van der Waals surface area contributed by atoms with Gasteiger partial charge in [0, 0.05) is 24.2 Å². The molecule has 0 aromatic heterocycles. The quantitative estimate of drug-likeness (QED) is 0.343. The normalized spacial score (nSPS) is 17.5. The van der Waals surface area contributed by atoms with Crippen LogP contribution in [-0.2, 0) is 12.0 Å². The third-order valence-electron chi connectivity index (χ3n) is 7.13. The Morgan fingerprint density at radius 2 is 1.88 bits per heavy atom. The molecule has 1 saturated carbocycles. The van der Waals surface area contributed by atoms with Gasteiger partial charge in [0.2, 0.25) is 0 Å². The Morgan fingerprint density at radius 1 is 1.12 bits per heavy atom. The molecule has 0 amide bonds. The van der Waals surface area contributed by atoms with E-state index in [1.807, 2.05) is 6.07 Å². The number of nitrogens with two attached hydrogens (primary N) is 1. The van der Waals surface area contributed by atoms with Crippen molar-refractivity contribution in [2.45, 2.75) is 95.7 Å². The molecule has 0 bridgehead atoms. The topological polar surface area (TPSA) is 67.5 Å². The average molecular weight is 471 g/mol. The van der Waals surface area contributed by atoms with Gasteiger partial charge in [0.05, 0.1) is 12.7 Å². The lowest BCUT2D eigenvalue weighted by molar-refractivity contribution is 0.116. The molecule has 0 aliphatic heterocycles. The van der Waals surface area contributed by atoms with E-state index in [4.69, 9.17) is 10.5 Å². The second kappa shape index (κ2) is 12.7. The molecule has 2 aromatic carbocycles. The van der Waals surface area contributed by atoms with Crippen LogP contribution in [0.4, 0.5) is 4.39 Å². The Morgan fingerprint density at radius 3 is 2.59 bits per heavy atom. The molecule has 34 heavy (non-hydrogen) atoms. The minimum absolute atomic E-state index is 0.136. The van der Waals surface area contributed by atoms with Crippen LogP contribution in [0.5, 0.6) is 5.75 Å². The van der Waals surface area contributed by atoms with E-state index in [9.17, 15) is 9.50 Å². The first kappa shape index (κ1) is 26.7. The van der Waals surface area contributed by atoms with Crippen LogP contribution in [0.15, 0.2) is 42.5 Å². The summed E-state index contributed by atoms with van der Waals surface area (Å²) < 4.78 is 19.8. The minimum Gasteiger partial charge on any atom is -0.493 e. The summed E-state index contributed by atoms with van der Waals surface area (Å²) in [5.41, 5.74) is 9.63. The monoisotopic (exact) mass is 470 g/mol. The number of unbranched alkanes of at least 4 members (excludes halogenated alkanes) is 1. The number of aliphatic hydroxyl groups is 1. The Balaban J connectivity index is 1.65. The Kier molecular flexibility index (Phi) is 9.93. The van der Waals surface area contributed by atoms with E-state index < -0.39 is 12.1 Å². The molecule has 0 unspecified atom stereocenters. The number of rotatable bonds is 12. The van der Waals surface area contributed by atoms with Crippen LogP contribution in [0, 0.1) is 5.82 Å². The molecule has 4 nitrogen and oxygen atoms in total. The van der Waals surface area contributed by atoms with Crippen molar-refractivity contribution < 1.29 is 14.2 Å². The van der Waals surface area contributed by atoms with Gasteiger partial charge >= 0.3 is 0 Å². The zero-order valence-corrected chi connectivity index (χ0v) is 21.2. The van der Waals surface area contributed by atoms with Crippen LogP contribution in [0.2, 0.25) is 0 Å². The third kappa shape index (κ3) is 7.27. The first-order chi connectivity index (χ1) is 16.3. The van der Waals surface area contributed by atoms with Crippen molar-refractivity contribution >= 4 is 0 Å². The summed E-state index contributed by atoms with van der Waals surface area (Å²) in [7, 11) is 0. The molecule has 188 valence electrons. The smallest absolute Gasteiger partial charge is 0.127 e. The number of hydrogen-bond acceptors (Lipinski definition) is 4.